The molecule has 0 radical (unpaired) electrons. The van der Waals surface area contributed by atoms with Crippen LogP contribution in [0.4, 0.5) is 5.69 Å². The van der Waals surface area contributed by atoms with Gasteiger partial charge in [0.05, 0.1) is 5.69 Å². The lowest BCUT2D eigenvalue weighted by Crippen LogP contribution is -2.40. The van der Waals surface area contributed by atoms with Crippen molar-refractivity contribution in [2.45, 2.75) is 54.0 Å². The van der Waals surface area contributed by atoms with Crippen molar-refractivity contribution in [3.05, 3.63) is 47.3 Å². The second-order valence-electron chi connectivity index (χ2n) is 9.85. The van der Waals surface area contributed by atoms with Crippen molar-refractivity contribution in [2.75, 3.05) is 37.6 Å². The van der Waals surface area contributed by atoms with Crippen LogP contribution >= 0.6 is 0 Å². The Labute approximate surface area is 197 Å². The Morgan fingerprint density at radius 1 is 1.03 bits per heavy atom. The summed E-state index contributed by atoms with van der Waals surface area (Å²) in [5, 5.41) is 4.11. The van der Waals surface area contributed by atoms with E-state index in [1.54, 1.807) is 13.0 Å². The first kappa shape index (κ1) is 25.0. The van der Waals surface area contributed by atoms with Crippen LogP contribution in [0.1, 0.15) is 62.9 Å². The third kappa shape index (κ3) is 6.90. The molecular formula is C26H38N4O3. The maximum Gasteiger partial charge on any atom is 0.292 e. The Bertz CT molecular complexity index is 937. The Morgan fingerprint density at radius 2 is 1.79 bits per heavy atom. The molecule has 180 valence electrons. The number of amides is 2. The summed E-state index contributed by atoms with van der Waals surface area (Å²) in [6.45, 7) is 14.5. The first-order chi connectivity index (χ1) is 15.7. The Hall–Kier alpha value is -2.67. The average Bonchev–Trinajstić information content (AvgIpc) is 3.19. The fourth-order valence-electron chi connectivity index (χ4n) is 4.42. The highest BCUT2D eigenvalue weighted by Crippen LogP contribution is 2.24. The summed E-state index contributed by atoms with van der Waals surface area (Å²) in [5.74, 6) is 1.09. The van der Waals surface area contributed by atoms with Crippen LogP contribution in [0.5, 0.6) is 0 Å². The number of carbonyl (C=O) groups excluding carboxylic acids is 2. The van der Waals surface area contributed by atoms with E-state index in [1.807, 2.05) is 34.1 Å². The van der Waals surface area contributed by atoms with Gasteiger partial charge in [-0.3, -0.25) is 9.59 Å². The topological polar surface area (TPSA) is 69.9 Å². The molecule has 1 aliphatic rings. The number of para-hydroxylation sites is 1. The highest BCUT2D eigenvalue weighted by atomic mass is 16.5. The number of aromatic nitrogens is 1. The molecular weight excluding hydrogens is 416 g/mol. The SMILES string of the molecule is CC(=O)N1CCCN(CC(C)C)CCN(C(=O)c2cc(CC(C)C)no2)Cc2ccccc21. The predicted octanol–water partition coefficient (Wildman–Crippen LogP) is 4.23. The summed E-state index contributed by atoms with van der Waals surface area (Å²) in [5.41, 5.74) is 2.63. The van der Waals surface area contributed by atoms with E-state index in [2.05, 4.69) is 37.8 Å². The van der Waals surface area contributed by atoms with E-state index in [4.69, 9.17) is 4.52 Å². The van der Waals surface area contributed by atoms with Gasteiger partial charge in [0.1, 0.15) is 0 Å². The fourth-order valence-corrected chi connectivity index (χ4v) is 4.42. The van der Waals surface area contributed by atoms with Crippen molar-refractivity contribution in [1.29, 1.82) is 0 Å². The summed E-state index contributed by atoms with van der Waals surface area (Å²) in [4.78, 5) is 32.1. The summed E-state index contributed by atoms with van der Waals surface area (Å²) >= 11 is 0. The molecule has 7 heteroatoms. The molecule has 0 N–H and O–H groups in total. The van der Waals surface area contributed by atoms with E-state index < -0.39 is 0 Å². The van der Waals surface area contributed by atoms with E-state index in [9.17, 15) is 9.59 Å². The smallest absolute Gasteiger partial charge is 0.292 e. The highest BCUT2D eigenvalue weighted by Gasteiger charge is 2.25. The number of hydrogen-bond donors (Lipinski definition) is 0. The lowest BCUT2D eigenvalue weighted by molar-refractivity contribution is -0.116. The van der Waals surface area contributed by atoms with E-state index in [0.717, 1.165) is 49.4 Å². The van der Waals surface area contributed by atoms with Gasteiger partial charge >= 0.3 is 0 Å². The maximum absolute atomic E-state index is 13.5. The summed E-state index contributed by atoms with van der Waals surface area (Å²) < 4.78 is 5.45. The summed E-state index contributed by atoms with van der Waals surface area (Å²) in [6, 6.07) is 9.64. The van der Waals surface area contributed by atoms with Gasteiger partial charge in [0.25, 0.3) is 5.91 Å². The van der Waals surface area contributed by atoms with E-state index in [0.29, 0.717) is 31.5 Å². The third-order valence-electron chi connectivity index (χ3n) is 5.86. The van der Waals surface area contributed by atoms with Crippen LogP contribution in [0.3, 0.4) is 0 Å². The minimum Gasteiger partial charge on any atom is -0.351 e. The van der Waals surface area contributed by atoms with Crippen LogP contribution in [-0.4, -0.2) is 59.5 Å². The average molecular weight is 455 g/mol. The monoisotopic (exact) mass is 454 g/mol. The van der Waals surface area contributed by atoms with Gasteiger partial charge in [0.15, 0.2) is 0 Å². The van der Waals surface area contributed by atoms with Crippen molar-refractivity contribution in [1.82, 2.24) is 15.0 Å². The van der Waals surface area contributed by atoms with Gasteiger partial charge < -0.3 is 19.2 Å². The van der Waals surface area contributed by atoms with Gasteiger partial charge in [0.2, 0.25) is 11.7 Å². The molecule has 0 atom stereocenters. The largest absolute Gasteiger partial charge is 0.351 e. The molecule has 7 nitrogen and oxygen atoms in total. The molecule has 0 fully saturated rings. The number of fused-ring (bicyclic) bond motifs is 1. The van der Waals surface area contributed by atoms with Gasteiger partial charge in [-0.25, -0.2) is 0 Å². The van der Waals surface area contributed by atoms with Crippen molar-refractivity contribution in [3.8, 4) is 0 Å². The van der Waals surface area contributed by atoms with Crippen molar-refractivity contribution in [2.24, 2.45) is 11.8 Å². The number of carbonyl (C=O) groups is 2. The number of anilines is 1. The van der Waals surface area contributed by atoms with Crippen LogP contribution in [0.15, 0.2) is 34.9 Å². The predicted molar refractivity (Wildman–Crippen MR) is 130 cm³/mol. The van der Waals surface area contributed by atoms with Crippen LogP contribution < -0.4 is 4.90 Å². The summed E-state index contributed by atoms with van der Waals surface area (Å²) in [6.07, 6.45) is 1.66. The Kier molecular flexibility index (Phi) is 8.67. The standard InChI is InChI=1S/C26H38N4O3/c1-19(2)15-23-16-25(33-27-23)26(32)29-14-13-28(17-20(3)4)11-8-12-30(21(5)31)24-10-7-6-9-22(24)18-29/h6-7,9-10,16,19-20H,8,11-15,17-18H2,1-5H3. The Balaban J connectivity index is 1.92. The van der Waals surface area contributed by atoms with Crippen molar-refractivity contribution < 1.29 is 14.1 Å². The molecule has 2 aromatic rings. The first-order valence-electron chi connectivity index (χ1n) is 12.1. The summed E-state index contributed by atoms with van der Waals surface area (Å²) in [7, 11) is 0. The molecule has 0 saturated carbocycles. The molecule has 0 saturated heterocycles. The van der Waals surface area contributed by atoms with Crippen molar-refractivity contribution >= 4 is 17.5 Å². The number of benzene rings is 1. The third-order valence-corrected chi connectivity index (χ3v) is 5.86. The molecule has 2 heterocycles. The Morgan fingerprint density at radius 3 is 2.48 bits per heavy atom. The minimum atomic E-state index is -0.162. The van der Waals surface area contributed by atoms with Gasteiger partial charge in [-0.1, -0.05) is 51.1 Å². The zero-order valence-corrected chi connectivity index (χ0v) is 20.7. The van der Waals surface area contributed by atoms with Gasteiger partial charge in [-0.15, -0.1) is 0 Å². The molecule has 1 aliphatic heterocycles. The minimum absolute atomic E-state index is 0.0172. The molecule has 0 spiro atoms. The van der Waals surface area contributed by atoms with Gasteiger partial charge in [0, 0.05) is 51.4 Å². The molecule has 2 amide bonds. The van der Waals surface area contributed by atoms with Crippen LogP contribution in [0, 0.1) is 11.8 Å². The number of rotatable bonds is 5. The van der Waals surface area contributed by atoms with Crippen LogP contribution in [0.25, 0.3) is 0 Å². The molecule has 0 aliphatic carbocycles. The number of hydrogen-bond acceptors (Lipinski definition) is 5. The van der Waals surface area contributed by atoms with E-state index in [-0.39, 0.29) is 17.6 Å². The van der Waals surface area contributed by atoms with Crippen LogP contribution in [-0.2, 0) is 17.8 Å². The molecule has 1 aromatic carbocycles. The van der Waals surface area contributed by atoms with Crippen molar-refractivity contribution in [3.63, 3.8) is 0 Å². The maximum atomic E-state index is 13.5. The number of nitrogens with zero attached hydrogens (tertiary/aromatic N) is 4. The lowest BCUT2D eigenvalue weighted by Gasteiger charge is -2.28. The van der Waals surface area contributed by atoms with Crippen LogP contribution in [0.2, 0.25) is 0 Å². The zero-order valence-electron chi connectivity index (χ0n) is 20.7. The zero-order chi connectivity index (χ0) is 24.0. The quantitative estimate of drug-likeness (QED) is 0.676. The normalized spacial score (nSPS) is 16.1. The van der Waals surface area contributed by atoms with E-state index in [1.165, 1.54) is 0 Å². The molecule has 3 rings (SSSR count). The van der Waals surface area contributed by atoms with E-state index >= 15 is 0 Å². The van der Waals surface area contributed by atoms with Gasteiger partial charge in [-0.05, 0) is 42.9 Å². The first-order valence-corrected chi connectivity index (χ1v) is 12.1. The molecule has 1 aromatic heterocycles. The second-order valence-corrected chi connectivity index (χ2v) is 9.85. The van der Waals surface area contributed by atoms with Gasteiger partial charge in [-0.2, -0.15) is 0 Å². The molecule has 0 bridgehead atoms. The second kappa shape index (κ2) is 11.5. The lowest BCUT2D eigenvalue weighted by atomic mass is 10.1. The molecule has 33 heavy (non-hydrogen) atoms. The highest BCUT2D eigenvalue weighted by molar-refractivity contribution is 5.93. The fraction of sp³-hybridized carbons (Fsp3) is 0.577. The molecule has 0 unspecified atom stereocenters.